The maximum absolute atomic E-state index is 9.44. The molecular formula is C11H9N5O. The SMILES string of the molecule is Nc1cnc2nnc(-c3cccc(O)c3)n2c1. The van der Waals surface area contributed by atoms with Crippen molar-refractivity contribution in [2.45, 2.75) is 0 Å². The van der Waals surface area contributed by atoms with E-state index in [4.69, 9.17) is 5.73 Å². The van der Waals surface area contributed by atoms with Gasteiger partial charge in [-0.05, 0) is 12.1 Å². The molecule has 6 nitrogen and oxygen atoms in total. The average Bonchev–Trinajstić information content (AvgIpc) is 2.71. The van der Waals surface area contributed by atoms with E-state index in [1.54, 1.807) is 28.8 Å². The van der Waals surface area contributed by atoms with Crippen LogP contribution >= 0.6 is 0 Å². The van der Waals surface area contributed by atoms with Crippen molar-refractivity contribution in [3.05, 3.63) is 36.7 Å². The van der Waals surface area contributed by atoms with E-state index < -0.39 is 0 Å². The lowest BCUT2D eigenvalue weighted by atomic mass is 10.2. The highest BCUT2D eigenvalue weighted by atomic mass is 16.3. The minimum atomic E-state index is 0.177. The quantitative estimate of drug-likeness (QED) is 0.649. The molecule has 0 unspecified atom stereocenters. The Balaban J connectivity index is 2.27. The lowest BCUT2D eigenvalue weighted by molar-refractivity contribution is 0.475. The van der Waals surface area contributed by atoms with Gasteiger partial charge in [0.2, 0.25) is 0 Å². The van der Waals surface area contributed by atoms with Gasteiger partial charge in [0.25, 0.3) is 5.78 Å². The Labute approximate surface area is 96.4 Å². The number of rotatable bonds is 1. The summed E-state index contributed by atoms with van der Waals surface area (Å²) in [5.41, 5.74) is 6.95. The predicted molar refractivity (Wildman–Crippen MR) is 62.3 cm³/mol. The minimum Gasteiger partial charge on any atom is -0.508 e. The van der Waals surface area contributed by atoms with Crippen LogP contribution in [0.4, 0.5) is 5.69 Å². The number of nitrogens with zero attached hydrogens (tertiary/aromatic N) is 4. The molecule has 3 N–H and O–H groups in total. The fourth-order valence-corrected chi connectivity index (χ4v) is 1.65. The first kappa shape index (κ1) is 9.59. The smallest absolute Gasteiger partial charge is 0.255 e. The van der Waals surface area contributed by atoms with Crippen molar-refractivity contribution < 1.29 is 5.11 Å². The van der Waals surface area contributed by atoms with Crippen LogP contribution in [0.25, 0.3) is 17.2 Å². The Hall–Kier alpha value is -2.63. The van der Waals surface area contributed by atoms with Gasteiger partial charge in [-0.15, -0.1) is 10.2 Å². The fourth-order valence-electron chi connectivity index (χ4n) is 1.65. The molecule has 0 spiro atoms. The molecule has 3 rings (SSSR count). The zero-order chi connectivity index (χ0) is 11.8. The molecule has 0 atom stereocenters. The Morgan fingerprint density at radius 3 is 2.94 bits per heavy atom. The highest BCUT2D eigenvalue weighted by molar-refractivity contribution is 5.60. The first-order valence-electron chi connectivity index (χ1n) is 5.00. The molecule has 0 saturated heterocycles. The molecule has 2 aromatic heterocycles. The number of aromatic nitrogens is 4. The molecule has 17 heavy (non-hydrogen) atoms. The van der Waals surface area contributed by atoms with Crippen LogP contribution in [0.3, 0.4) is 0 Å². The maximum Gasteiger partial charge on any atom is 0.255 e. The molecule has 0 bridgehead atoms. The standard InChI is InChI=1S/C11H9N5O/c12-8-5-13-11-15-14-10(16(11)6-8)7-2-1-3-9(17)4-7/h1-6,17H,12H2. The maximum atomic E-state index is 9.44. The number of hydrogen-bond donors (Lipinski definition) is 2. The molecule has 0 aliphatic rings. The van der Waals surface area contributed by atoms with E-state index in [0.717, 1.165) is 5.56 Å². The summed E-state index contributed by atoms with van der Waals surface area (Å²) >= 11 is 0. The molecule has 2 heterocycles. The number of aromatic hydroxyl groups is 1. The topological polar surface area (TPSA) is 89.3 Å². The first-order valence-corrected chi connectivity index (χ1v) is 5.00. The number of hydrogen-bond acceptors (Lipinski definition) is 5. The lowest BCUT2D eigenvalue weighted by Crippen LogP contribution is -1.95. The molecule has 3 aromatic rings. The Kier molecular flexibility index (Phi) is 1.94. The third kappa shape index (κ3) is 1.55. The molecule has 0 fully saturated rings. The fraction of sp³-hybridized carbons (Fsp3) is 0. The first-order chi connectivity index (χ1) is 8.24. The van der Waals surface area contributed by atoms with Crippen molar-refractivity contribution in [1.29, 1.82) is 0 Å². The second-order valence-electron chi connectivity index (χ2n) is 3.63. The van der Waals surface area contributed by atoms with Gasteiger partial charge >= 0.3 is 0 Å². The van der Waals surface area contributed by atoms with Crippen LogP contribution in [0.2, 0.25) is 0 Å². The number of phenols is 1. The number of fused-ring (bicyclic) bond motifs is 1. The number of nitrogens with two attached hydrogens (primary N) is 1. The van der Waals surface area contributed by atoms with E-state index in [0.29, 0.717) is 17.3 Å². The van der Waals surface area contributed by atoms with Gasteiger partial charge in [-0.3, -0.25) is 4.40 Å². The van der Waals surface area contributed by atoms with Gasteiger partial charge in [-0.25, -0.2) is 4.98 Å². The van der Waals surface area contributed by atoms with Crippen molar-refractivity contribution in [3.63, 3.8) is 0 Å². The van der Waals surface area contributed by atoms with E-state index in [1.165, 1.54) is 6.20 Å². The third-order valence-corrected chi connectivity index (χ3v) is 2.39. The van der Waals surface area contributed by atoms with Crippen molar-refractivity contribution in [1.82, 2.24) is 19.6 Å². The van der Waals surface area contributed by atoms with Gasteiger partial charge in [0, 0.05) is 11.8 Å². The van der Waals surface area contributed by atoms with Gasteiger partial charge in [-0.2, -0.15) is 0 Å². The van der Waals surface area contributed by atoms with Gasteiger partial charge in [-0.1, -0.05) is 12.1 Å². The number of phenolic OH excluding ortho intramolecular Hbond substituents is 1. The largest absolute Gasteiger partial charge is 0.508 e. The number of benzene rings is 1. The van der Waals surface area contributed by atoms with E-state index in [-0.39, 0.29) is 5.75 Å². The van der Waals surface area contributed by atoms with E-state index in [9.17, 15) is 5.11 Å². The van der Waals surface area contributed by atoms with Crippen molar-refractivity contribution in [2.24, 2.45) is 0 Å². The number of anilines is 1. The molecule has 84 valence electrons. The molecule has 1 aromatic carbocycles. The molecule has 0 aliphatic carbocycles. The van der Waals surface area contributed by atoms with E-state index in [2.05, 4.69) is 15.2 Å². The normalized spacial score (nSPS) is 10.8. The third-order valence-electron chi connectivity index (χ3n) is 2.39. The monoisotopic (exact) mass is 227 g/mol. The van der Waals surface area contributed by atoms with Crippen LogP contribution in [-0.4, -0.2) is 24.7 Å². The molecule has 0 aliphatic heterocycles. The van der Waals surface area contributed by atoms with Gasteiger partial charge < -0.3 is 10.8 Å². The molecular weight excluding hydrogens is 218 g/mol. The second-order valence-corrected chi connectivity index (χ2v) is 3.63. The molecule has 0 amide bonds. The minimum absolute atomic E-state index is 0.177. The van der Waals surface area contributed by atoms with Gasteiger partial charge in [0.1, 0.15) is 5.75 Å². The summed E-state index contributed by atoms with van der Waals surface area (Å²) in [6.07, 6.45) is 3.22. The van der Waals surface area contributed by atoms with Crippen molar-refractivity contribution in [2.75, 3.05) is 5.73 Å². The van der Waals surface area contributed by atoms with Gasteiger partial charge in [0.15, 0.2) is 5.82 Å². The summed E-state index contributed by atoms with van der Waals surface area (Å²) in [5.74, 6) is 1.24. The molecule has 6 heteroatoms. The van der Waals surface area contributed by atoms with Crippen LogP contribution in [0.15, 0.2) is 36.7 Å². The molecule has 0 radical (unpaired) electrons. The van der Waals surface area contributed by atoms with Crippen molar-refractivity contribution >= 4 is 11.5 Å². The van der Waals surface area contributed by atoms with Crippen LogP contribution in [0.1, 0.15) is 0 Å². The Morgan fingerprint density at radius 2 is 2.12 bits per heavy atom. The zero-order valence-electron chi connectivity index (χ0n) is 8.78. The average molecular weight is 227 g/mol. The number of nitrogen functional groups attached to an aromatic ring is 1. The van der Waals surface area contributed by atoms with Crippen LogP contribution in [0.5, 0.6) is 5.75 Å². The lowest BCUT2D eigenvalue weighted by Gasteiger charge is -2.00. The predicted octanol–water partition coefficient (Wildman–Crippen LogP) is 1.08. The van der Waals surface area contributed by atoms with Crippen molar-refractivity contribution in [3.8, 4) is 17.1 Å². The van der Waals surface area contributed by atoms with E-state index >= 15 is 0 Å². The summed E-state index contributed by atoms with van der Waals surface area (Å²) in [6, 6.07) is 6.78. The van der Waals surface area contributed by atoms with Crippen LogP contribution < -0.4 is 5.73 Å². The van der Waals surface area contributed by atoms with E-state index in [1.807, 2.05) is 6.07 Å². The van der Waals surface area contributed by atoms with Crippen LogP contribution in [0, 0.1) is 0 Å². The zero-order valence-corrected chi connectivity index (χ0v) is 8.78. The van der Waals surface area contributed by atoms with Crippen LogP contribution in [-0.2, 0) is 0 Å². The highest BCUT2D eigenvalue weighted by Gasteiger charge is 2.09. The summed E-state index contributed by atoms with van der Waals surface area (Å²) in [5, 5.41) is 17.4. The summed E-state index contributed by atoms with van der Waals surface area (Å²) < 4.78 is 1.68. The Morgan fingerprint density at radius 1 is 1.24 bits per heavy atom. The Bertz CT molecular complexity index is 691. The van der Waals surface area contributed by atoms with Gasteiger partial charge in [0.05, 0.1) is 11.9 Å². The molecule has 0 saturated carbocycles. The highest BCUT2D eigenvalue weighted by Crippen LogP contribution is 2.22. The summed E-state index contributed by atoms with van der Waals surface area (Å²) in [6.45, 7) is 0. The summed E-state index contributed by atoms with van der Waals surface area (Å²) in [7, 11) is 0. The second kappa shape index (κ2) is 3.44. The summed E-state index contributed by atoms with van der Waals surface area (Å²) in [4.78, 5) is 4.05.